The largest absolute Gasteiger partial charge is 0.440 e. The summed E-state index contributed by atoms with van der Waals surface area (Å²) in [5.74, 6) is 1.05. The first-order valence-electron chi connectivity index (χ1n) is 11.9. The zero-order valence-electron chi connectivity index (χ0n) is 20.0. The number of hydrogen-bond donors (Lipinski definition) is 1. The number of rotatable bonds is 9. The quantitative estimate of drug-likeness (QED) is 0.325. The maximum absolute atomic E-state index is 12.6. The topological polar surface area (TPSA) is 75.4 Å². The molecule has 1 N–H and O–H groups in total. The van der Waals surface area contributed by atoms with Gasteiger partial charge < -0.3 is 14.6 Å². The summed E-state index contributed by atoms with van der Waals surface area (Å²) in [4.78, 5) is 31.5. The van der Waals surface area contributed by atoms with Crippen molar-refractivity contribution in [2.24, 2.45) is 0 Å². The van der Waals surface area contributed by atoms with Gasteiger partial charge in [-0.1, -0.05) is 60.7 Å². The molecule has 0 saturated carbocycles. The molecule has 4 rings (SSSR count). The molecular weight excluding hydrogens is 438 g/mol. The number of anilines is 1. The molecule has 0 radical (unpaired) electrons. The second-order valence-corrected chi connectivity index (χ2v) is 8.12. The minimum atomic E-state index is -0.145. The Hall–Kier alpha value is -4.19. The molecule has 1 aromatic heterocycles. The Bertz CT molecular complexity index is 1200. The molecular formula is C29H29N3O3. The molecule has 4 aromatic rings. The molecule has 178 valence electrons. The number of aryl methyl sites for hydroxylation is 1. The van der Waals surface area contributed by atoms with Crippen LogP contribution in [0.4, 0.5) is 5.69 Å². The van der Waals surface area contributed by atoms with Crippen LogP contribution in [-0.2, 0) is 11.2 Å². The fourth-order valence-corrected chi connectivity index (χ4v) is 3.88. The Morgan fingerprint density at radius 1 is 0.829 bits per heavy atom. The van der Waals surface area contributed by atoms with Gasteiger partial charge in [-0.3, -0.25) is 9.59 Å². The lowest BCUT2D eigenvalue weighted by atomic mass is 10.1. The minimum absolute atomic E-state index is 0.0137. The molecule has 0 fully saturated rings. The van der Waals surface area contributed by atoms with E-state index in [0.29, 0.717) is 42.4 Å². The van der Waals surface area contributed by atoms with E-state index < -0.39 is 0 Å². The third-order valence-electron chi connectivity index (χ3n) is 5.79. The molecule has 0 bridgehead atoms. The van der Waals surface area contributed by atoms with Gasteiger partial charge in [0.25, 0.3) is 5.91 Å². The number of amides is 2. The number of carbonyl (C=O) groups is 2. The lowest BCUT2D eigenvalue weighted by molar-refractivity contribution is -0.116. The van der Waals surface area contributed by atoms with Gasteiger partial charge in [0.05, 0.1) is 0 Å². The van der Waals surface area contributed by atoms with Crippen molar-refractivity contribution in [3.8, 4) is 22.6 Å². The van der Waals surface area contributed by atoms with Crippen LogP contribution in [0.25, 0.3) is 22.6 Å². The number of oxazole rings is 1. The Morgan fingerprint density at radius 2 is 1.43 bits per heavy atom. The van der Waals surface area contributed by atoms with Crippen LogP contribution in [0.3, 0.4) is 0 Å². The second-order valence-electron chi connectivity index (χ2n) is 8.12. The van der Waals surface area contributed by atoms with Gasteiger partial charge in [0, 0.05) is 48.3 Å². The number of nitrogens with zero attached hydrogens (tertiary/aromatic N) is 2. The average Bonchev–Trinajstić information content (AvgIpc) is 3.34. The summed E-state index contributed by atoms with van der Waals surface area (Å²) in [6.07, 6.45) is 0.597. The monoisotopic (exact) mass is 467 g/mol. The lowest BCUT2D eigenvalue weighted by Gasteiger charge is -2.18. The van der Waals surface area contributed by atoms with Crippen LogP contribution in [0, 0.1) is 0 Å². The maximum atomic E-state index is 12.6. The van der Waals surface area contributed by atoms with Gasteiger partial charge in [-0.15, -0.1) is 0 Å². The van der Waals surface area contributed by atoms with E-state index in [4.69, 9.17) is 9.40 Å². The van der Waals surface area contributed by atoms with E-state index >= 15 is 0 Å². The van der Waals surface area contributed by atoms with Crippen LogP contribution in [0.2, 0.25) is 0 Å². The van der Waals surface area contributed by atoms with E-state index in [1.54, 1.807) is 29.2 Å². The van der Waals surface area contributed by atoms with Crippen molar-refractivity contribution in [2.75, 3.05) is 18.4 Å². The van der Waals surface area contributed by atoms with Crippen molar-refractivity contribution >= 4 is 17.5 Å². The van der Waals surface area contributed by atoms with Crippen LogP contribution < -0.4 is 5.32 Å². The second kappa shape index (κ2) is 11.3. The summed E-state index contributed by atoms with van der Waals surface area (Å²) in [6.45, 7) is 5.23. The molecule has 1 heterocycles. The van der Waals surface area contributed by atoms with Crippen LogP contribution in [0.5, 0.6) is 0 Å². The number of carbonyl (C=O) groups excluding carboxylic acids is 2. The van der Waals surface area contributed by atoms with Crippen LogP contribution >= 0.6 is 0 Å². The first-order chi connectivity index (χ1) is 17.1. The van der Waals surface area contributed by atoms with Crippen molar-refractivity contribution < 1.29 is 14.0 Å². The molecule has 0 aliphatic carbocycles. The molecule has 0 spiro atoms. The summed E-state index contributed by atoms with van der Waals surface area (Å²) < 4.78 is 6.11. The molecule has 2 amide bonds. The third-order valence-corrected chi connectivity index (χ3v) is 5.79. The van der Waals surface area contributed by atoms with E-state index in [1.807, 2.05) is 74.5 Å². The first kappa shape index (κ1) is 24.0. The molecule has 35 heavy (non-hydrogen) atoms. The number of aromatic nitrogens is 1. The Labute approximate surface area is 205 Å². The summed E-state index contributed by atoms with van der Waals surface area (Å²) in [6, 6.07) is 26.7. The highest BCUT2D eigenvalue weighted by Gasteiger charge is 2.18. The predicted octanol–water partition coefficient (Wildman–Crippen LogP) is 6.06. The van der Waals surface area contributed by atoms with Crippen molar-refractivity contribution in [3.05, 3.63) is 96.4 Å². The molecule has 0 saturated heterocycles. The van der Waals surface area contributed by atoms with Gasteiger partial charge in [-0.25, -0.2) is 4.98 Å². The van der Waals surface area contributed by atoms with Gasteiger partial charge >= 0.3 is 0 Å². The fourth-order valence-electron chi connectivity index (χ4n) is 3.88. The van der Waals surface area contributed by atoms with Crippen LogP contribution in [0.15, 0.2) is 89.3 Å². The molecule has 0 atom stereocenters. The van der Waals surface area contributed by atoms with Gasteiger partial charge in [-0.2, -0.15) is 0 Å². The smallest absolute Gasteiger partial charge is 0.253 e. The predicted molar refractivity (Wildman–Crippen MR) is 138 cm³/mol. The number of nitrogens with one attached hydrogen (secondary N) is 1. The fraction of sp³-hybridized carbons (Fsp3) is 0.207. The number of hydrogen-bond acceptors (Lipinski definition) is 4. The maximum Gasteiger partial charge on any atom is 0.253 e. The van der Waals surface area contributed by atoms with E-state index in [1.165, 1.54) is 0 Å². The minimum Gasteiger partial charge on any atom is -0.440 e. The standard InChI is InChI=1S/C29H29N3O3/c1-3-32(4-2)29(34)23-15-17-24(18-16-23)30-25(33)19-20-26-31-27(21-11-7-5-8-12-21)28(35-26)22-13-9-6-10-14-22/h5-18H,3-4,19-20H2,1-2H3,(H,30,33). The van der Waals surface area contributed by atoms with Crippen LogP contribution in [0.1, 0.15) is 36.5 Å². The Balaban J connectivity index is 1.43. The van der Waals surface area contributed by atoms with Gasteiger partial charge in [0.1, 0.15) is 5.69 Å². The van der Waals surface area contributed by atoms with Gasteiger partial charge in [0.15, 0.2) is 11.7 Å². The summed E-state index contributed by atoms with van der Waals surface area (Å²) in [5.41, 5.74) is 3.92. The third kappa shape index (κ3) is 5.84. The van der Waals surface area contributed by atoms with E-state index in [9.17, 15) is 9.59 Å². The van der Waals surface area contributed by atoms with Crippen molar-refractivity contribution in [3.63, 3.8) is 0 Å². The highest BCUT2D eigenvalue weighted by molar-refractivity contribution is 5.95. The highest BCUT2D eigenvalue weighted by atomic mass is 16.4. The zero-order valence-corrected chi connectivity index (χ0v) is 20.0. The molecule has 6 heteroatoms. The summed E-state index contributed by atoms with van der Waals surface area (Å²) in [7, 11) is 0. The number of benzene rings is 3. The van der Waals surface area contributed by atoms with E-state index in [0.717, 1.165) is 16.8 Å². The van der Waals surface area contributed by atoms with E-state index in [-0.39, 0.29) is 18.2 Å². The first-order valence-corrected chi connectivity index (χ1v) is 11.9. The van der Waals surface area contributed by atoms with Gasteiger partial charge in [-0.05, 0) is 38.1 Å². The SMILES string of the molecule is CCN(CC)C(=O)c1ccc(NC(=O)CCc2nc(-c3ccccc3)c(-c3ccccc3)o2)cc1. The van der Waals surface area contributed by atoms with Crippen LogP contribution in [-0.4, -0.2) is 34.8 Å². The molecule has 3 aromatic carbocycles. The summed E-state index contributed by atoms with van der Waals surface area (Å²) >= 11 is 0. The molecule has 0 aliphatic rings. The Morgan fingerprint density at radius 3 is 2.03 bits per heavy atom. The zero-order chi connectivity index (χ0) is 24.6. The van der Waals surface area contributed by atoms with Crippen molar-refractivity contribution in [2.45, 2.75) is 26.7 Å². The molecule has 0 unspecified atom stereocenters. The van der Waals surface area contributed by atoms with Crippen molar-refractivity contribution in [1.29, 1.82) is 0 Å². The normalized spacial score (nSPS) is 10.7. The highest BCUT2D eigenvalue weighted by Crippen LogP contribution is 2.32. The van der Waals surface area contributed by atoms with Crippen molar-refractivity contribution in [1.82, 2.24) is 9.88 Å². The molecule has 6 nitrogen and oxygen atoms in total. The van der Waals surface area contributed by atoms with E-state index in [2.05, 4.69) is 5.32 Å². The summed E-state index contributed by atoms with van der Waals surface area (Å²) in [5, 5.41) is 2.89. The van der Waals surface area contributed by atoms with Gasteiger partial charge in [0.2, 0.25) is 5.91 Å². The molecule has 0 aliphatic heterocycles. The Kier molecular flexibility index (Phi) is 7.73. The lowest BCUT2D eigenvalue weighted by Crippen LogP contribution is -2.30. The average molecular weight is 468 g/mol.